The zero-order valence-corrected chi connectivity index (χ0v) is 8.36. The number of hydrogen-bond donors (Lipinski definition) is 1. The van der Waals surface area contributed by atoms with Gasteiger partial charge in [-0.15, -0.1) is 0 Å². The summed E-state index contributed by atoms with van der Waals surface area (Å²) in [5.41, 5.74) is 0.138. The molecule has 76 valence electrons. The largest absolute Gasteiger partial charge is 0.298 e. The molecular weight excluding hydrogens is 216 g/mol. The maximum atomic E-state index is 11.6. The second-order valence-electron chi connectivity index (χ2n) is 2.93. The Morgan fingerprint density at radius 1 is 1.27 bits per heavy atom. The molecule has 0 radical (unpaired) electrons. The number of nitrogens with one attached hydrogen (secondary N) is 1. The highest BCUT2D eigenvalue weighted by Crippen LogP contribution is 2.09. The van der Waals surface area contributed by atoms with Gasteiger partial charge in [0.05, 0.1) is 5.69 Å². The molecule has 1 heterocycles. The monoisotopic (exact) mass is 222 g/mol. The van der Waals surface area contributed by atoms with Crippen molar-refractivity contribution in [2.75, 3.05) is 0 Å². The summed E-state index contributed by atoms with van der Waals surface area (Å²) in [5, 5.41) is 2.67. The van der Waals surface area contributed by atoms with Gasteiger partial charge in [-0.2, -0.15) is 0 Å². The first kappa shape index (κ1) is 9.73. The van der Waals surface area contributed by atoms with Crippen LogP contribution in [0.1, 0.15) is 10.4 Å². The molecule has 2 aromatic rings. The van der Waals surface area contributed by atoms with Crippen LogP contribution in [0.15, 0.2) is 35.1 Å². The van der Waals surface area contributed by atoms with E-state index < -0.39 is 5.56 Å². The topological polar surface area (TPSA) is 54.9 Å². The molecule has 0 saturated carbocycles. The Balaban J connectivity index is 2.66. The molecule has 1 N–H and O–H groups in total. The van der Waals surface area contributed by atoms with Crippen LogP contribution in [-0.4, -0.2) is 16.1 Å². The van der Waals surface area contributed by atoms with Gasteiger partial charge in [-0.25, -0.2) is 4.68 Å². The number of para-hydroxylation sites is 1. The lowest BCUT2D eigenvalue weighted by molar-refractivity contribution is 0.112. The number of halogens is 1. The third-order valence-electron chi connectivity index (χ3n) is 2.01. The van der Waals surface area contributed by atoms with Crippen molar-refractivity contribution in [3.8, 4) is 5.69 Å². The van der Waals surface area contributed by atoms with Crippen molar-refractivity contribution in [3.05, 3.63) is 51.4 Å². The smallest absolute Gasteiger partial charge is 0.283 e. The van der Waals surface area contributed by atoms with E-state index in [4.69, 9.17) is 11.6 Å². The molecule has 0 spiro atoms. The van der Waals surface area contributed by atoms with E-state index in [1.165, 1.54) is 4.68 Å². The number of aldehydes is 1. The van der Waals surface area contributed by atoms with Gasteiger partial charge in [0.1, 0.15) is 10.7 Å². The maximum absolute atomic E-state index is 11.6. The Kier molecular flexibility index (Phi) is 2.43. The number of carbonyl (C=O) groups is 1. The average molecular weight is 223 g/mol. The fraction of sp³-hybridized carbons (Fsp3) is 0. The molecule has 1 aromatic heterocycles. The average Bonchev–Trinajstić information content (AvgIpc) is 2.55. The second-order valence-corrected chi connectivity index (χ2v) is 3.31. The van der Waals surface area contributed by atoms with Crippen molar-refractivity contribution in [2.45, 2.75) is 0 Å². The summed E-state index contributed by atoms with van der Waals surface area (Å²) in [6.07, 6.45) is 0.445. The predicted octanol–water partition coefficient (Wildman–Crippen LogP) is 1.63. The minimum atomic E-state index is -0.443. The van der Waals surface area contributed by atoms with Crippen LogP contribution in [0.2, 0.25) is 5.15 Å². The Hall–Kier alpha value is -1.81. The second kappa shape index (κ2) is 3.74. The summed E-state index contributed by atoms with van der Waals surface area (Å²) in [5.74, 6) is 0. The Morgan fingerprint density at radius 2 is 1.93 bits per heavy atom. The van der Waals surface area contributed by atoms with Crippen molar-refractivity contribution in [3.63, 3.8) is 0 Å². The fourth-order valence-corrected chi connectivity index (χ4v) is 1.49. The van der Waals surface area contributed by atoms with Crippen molar-refractivity contribution in [1.82, 2.24) is 9.78 Å². The summed E-state index contributed by atoms with van der Waals surface area (Å²) in [7, 11) is 0. The summed E-state index contributed by atoms with van der Waals surface area (Å²) in [6.45, 7) is 0. The highest BCUT2D eigenvalue weighted by molar-refractivity contribution is 6.31. The molecule has 0 aliphatic heterocycles. The molecular formula is C10H7ClN2O2. The van der Waals surface area contributed by atoms with E-state index in [1.54, 1.807) is 24.3 Å². The van der Waals surface area contributed by atoms with E-state index in [0.29, 0.717) is 12.0 Å². The van der Waals surface area contributed by atoms with E-state index in [1.807, 2.05) is 6.07 Å². The molecule has 0 fully saturated rings. The number of hydrogen-bond acceptors (Lipinski definition) is 2. The van der Waals surface area contributed by atoms with E-state index in [9.17, 15) is 9.59 Å². The molecule has 0 saturated heterocycles. The maximum Gasteiger partial charge on any atom is 0.283 e. The number of aromatic nitrogens is 2. The van der Waals surface area contributed by atoms with E-state index >= 15 is 0 Å². The van der Waals surface area contributed by atoms with Gasteiger partial charge in [-0.3, -0.25) is 14.7 Å². The van der Waals surface area contributed by atoms with Gasteiger partial charge in [-0.1, -0.05) is 29.8 Å². The lowest BCUT2D eigenvalue weighted by atomic mass is 10.3. The zero-order valence-electron chi connectivity index (χ0n) is 7.61. The van der Waals surface area contributed by atoms with Crippen LogP contribution in [0, 0.1) is 0 Å². The molecule has 0 unspecified atom stereocenters. The number of H-pyrrole nitrogens is 1. The minimum Gasteiger partial charge on any atom is -0.298 e. The molecule has 0 bridgehead atoms. The van der Waals surface area contributed by atoms with Crippen LogP contribution in [-0.2, 0) is 0 Å². The summed E-state index contributed by atoms with van der Waals surface area (Å²) in [4.78, 5) is 22.2. The number of rotatable bonds is 2. The third kappa shape index (κ3) is 1.59. The molecule has 4 nitrogen and oxygen atoms in total. The highest BCUT2D eigenvalue weighted by Gasteiger charge is 2.12. The minimum absolute atomic E-state index is 0.0545. The Bertz CT molecular complexity index is 542. The molecule has 0 amide bonds. The van der Waals surface area contributed by atoms with Gasteiger partial charge in [0.25, 0.3) is 5.56 Å². The quantitative estimate of drug-likeness (QED) is 0.786. The molecule has 2 rings (SSSR count). The lowest BCUT2D eigenvalue weighted by Gasteiger charge is -1.98. The third-order valence-corrected chi connectivity index (χ3v) is 2.30. The van der Waals surface area contributed by atoms with Crippen LogP contribution in [0.5, 0.6) is 0 Å². The zero-order chi connectivity index (χ0) is 10.8. The number of nitrogens with zero attached hydrogens (tertiary/aromatic N) is 1. The number of carbonyl (C=O) groups excluding carboxylic acids is 1. The van der Waals surface area contributed by atoms with Gasteiger partial charge < -0.3 is 0 Å². The van der Waals surface area contributed by atoms with E-state index in [-0.39, 0.29) is 10.7 Å². The number of benzene rings is 1. The first-order chi connectivity index (χ1) is 7.24. The molecule has 15 heavy (non-hydrogen) atoms. The molecule has 5 heteroatoms. The lowest BCUT2D eigenvalue weighted by Crippen LogP contribution is -2.16. The van der Waals surface area contributed by atoms with Crippen LogP contribution in [0.4, 0.5) is 0 Å². The molecule has 1 aromatic carbocycles. The summed E-state index contributed by atoms with van der Waals surface area (Å²) < 4.78 is 1.23. The van der Waals surface area contributed by atoms with Crippen LogP contribution < -0.4 is 5.56 Å². The normalized spacial score (nSPS) is 10.2. The molecule has 0 aliphatic carbocycles. The standard InChI is InChI=1S/C10H7ClN2O2/c11-9-8(6-14)10(15)13(12-9)7-4-2-1-3-5-7/h1-6,12H. The van der Waals surface area contributed by atoms with Crippen LogP contribution in [0.3, 0.4) is 0 Å². The fourth-order valence-electron chi connectivity index (χ4n) is 1.28. The van der Waals surface area contributed by atoms with Crippen molar-refractivity contribution in [2.24, 2.45) is 0 Å². The molecule has 0 atom stereocenters. The first-order valence-corrected chi connectivity index (χ1v) is 4.63. The van der Waals surface area contributed by atoms with E-state index in [0.717, 1.165) is 0 Å². The van der Waals surface area contributed by atoms with Crippen LogP contribution >= 0.6 is 11.6 Å². The SMILES string of the molecule is O=Cc1c(Cl)[nH]n(-c2ccccc2)c1=O. The first-order valence-electron chi connectivity index (χ1n) is 4.25. The van der Waals surface area contributed by atoms with Crippen molar-refractivity contribution >= 4 is 17.9 Å². The Labute approximate surface area is 90.1 Å². The molecule has 0 aliphatic rings. The van der Waals surface area contributed by atoms with Crippen LogP contribution in [0.25, 0.3) is 5.69 Å². The van der Waals surface area contributed by atoms with Gasteiger partial charge in [0.2, 0.25) is 0 Å². The van der Waals surface area contributed by atoms with E-state index in [2.05, 4.69) is 5.10 Å². The Morgan fingerprint density at radius 3 is 2.47 bits per heavy atom. The highest BCUT2D eigenvalue weighted by atomic mass is 35.5. The predicted molar refractivity (Wildman–Crippen MR) is 56.8 cm³/mol. The summed E-state index contributed by atoms with van der Waals surface area (Å²) >= 11 is 5.69. The van der Waals surface area contributed by atoms with Crippen molar-refractivity contribution in [1.29, 1.82) is 0 Å². The number of aromatic amines is 1. The van der Waals surface area contributed by atoms with Gasteiger partial charge in [0.15, 0.2) is 6.29 Å². The van der Waals surface area contributed by atoms with Gasteiger partial charge in [0, 0.05) is 0 Å². The van der Waals surface area contributed by atoms with Gasteiger partial charge in [-0.05, 0) is 12.1 Å². The van der Waals surface area contributed by atoms with Gasteiger partial charge >= 0.3 is 0 Å². The van der Waals surface area contributed by atoms with Crippen molar-refractivity contribution < 1.29 is 4.79 Å². The summed E-state index contributed by atoms with van der Waals surface area (Å²) in [6, 6.07) is 8.89.